The maximum Gasteiger partial charge on any atom is 0.148 e. The van der Waals surface area contributed by atoms with Gasteiger partial charge in [-0.1, -0.05) is 12.1 Å². The highest BCUT2D eigenvalue weighted by Gasteiger charge is 2.20. The molecule has 0 aliphatic heterocycles. The number of hydrogen-bond donors (Lipinski definition) is 1. The van der Waals surface area contributed by atoms with E-state index in [1.54, 1.807) is 0 Å². The number of benzene rings is 1. The summed E-state index contributed by atoms with van der Waals surface area (Å²) >= 11 is 3.53. The number of furan rings is 1. The van der Waals surface area contributed by atoms with E-state index in [0.717, 1.165) is 33.4 Å². The van der Waals surface area contributed by atoms with Crippen molar-refractivity contribution in [1.29, 1.82) is 0 Å². The first-order chi connectivity index (χ1) is 9.74. The molecule has 0 spiro atoms. The number of nitrogens with one attached hydrogen (secondary N) is 1. The van der Waals surface area contributed by atoms with E-state index in [1.165, 1.54) is 0 Å². The van der Waals surface area contributed by atoms with Crippen LogP contribution in [0.4, 0.5) is 0 Å². The lowest BCUT2D eigenvalue weighted by molar-refractivity contribution is 0.464. The third-order valence-corrected chi connectivity index (χ3v) is 4.06. The molecule has 1 unspecified atom stereocenters. The Labute approximate surface area is 125 Å². The summed E-state index contributed by atoms with van der Waals surface area (Å²) in [5, 5.41) is 8.73. The van der Waals surface area contributed by atoms with Gasteiger partial charge in [-0.2, -0.15) is 5.10 Å². The van der Waals surface area contributed by atoms with Crippen molar-refractivity contribution in [2.24, 2.45) is 0 Å². The van der Waals surface area contributed by atoms with Gasteiger partial charge in [0.1, 0.15) is 17.4 Å². The van der Waals surface area contributed by atoms with Gasteiger partial charge in [0.25, 0.3) is 0 Å². The molecule has 4 nitrogen and oxygen atoms in total. The van der Waals surface area contributed by atoms with Gasteiger partial charge in [-0.3, -0.25) is 4.68 Å². The first-order valence-electron chi connectivity index (χ1n) is 6.61. The fraction of sp³-hybridized carbons (Fsp3) is 0.267. The van der Waals surface area contributed by atoms with E-state index >= 15 is 0 Å². The lowest BCUT2D eigenvalue weighted by Gasteiger charge is -2.14. The van der Waals surface area contributed by atoms with Crippen molar-refractivity contribution in [3.05, 3.63) is 52.5 Å². The molecule has 104 valence electrons. The van der Waals surface area contributed by atoms with E-state index in [1.807, 2.05) is 36.1 Å². The van der Waals surface area contributed by atoms with Crippen LogP contribution in [0.15, 0.2) is 45.4 Å². The fourth-order valence-electron chi connectivity index (χ4n) is 2.48. The van der Waals surface area contributed by atoms with Crippen molar-refractivity contribution in [3.63, 3.8) is 0 Å². The molecule has 0 radical (unpaired) electrons. The lowest BCUT2D eigenvalue weighted by atomic mass is 10.1. The zero-order valence-corrected chi connectivity index (χ0v) is 13.0. The normalized spacial score (nSPS) is 12.9. The molecule has 20 heavy (non-hydrogen) atoms. The molecule has 0 amide bonds. The molecule has 0 bridgehead atoms. The van der Waals surface area contributed by atoms with Gasteiger partial charge in [-0.15, -0.1) is 0 Å². The highest BCUT2D eigenvalue weighted by molar-refractivity contribution is 9.10. The van der Waals surface area contributed by atoms with Crippen molar-refractivity contribution in [2.75, 3.05) is 7.05 Å². The van der Waals surface area contributed by atoms with Gasteiger partial charge >= 0.3 is 0 Å². The van der Waals surface area contributed by atoms with Crippen molar-refractivity contribution >= 4 is 26.9 Å². The number of aromatic nitrogens is 2. The standard InChI is InChI=1S/C15H16BrN3O/c1-3-19-12(7-8-18-19)14(17-2)13-9-10-5-4-6-11(16)15(10)20-13/h4-9,14,17H,3H2,1-2H3. The first kappa shape index (κ1) is 13.4. The SMILES string of the molecule is CCn1nccc1C(NC)c1cc2cccc(Br)c2o1. The highest BCUT2D eigenvalue weighted by atomic mass is 79.9. The number of fused-ring (bicyclic) bond motifs is 1. The summed E-state index contributed by atoms with van der Waals surface area (Å²) in [5.74, 6) is 0.893. The van der Waals surface area contributed by atoms with E-state index in [4.69, 9.17) is 4.42 Å². The molecule has 1 atom stereocenters. The summed E-state index contributed by atoms with van der Waals surface area (Å²) in [6.07, 6.45) is 1.82. The number of hydrogen-bond acceptors (Lipinski definition) is 3. The van der Waals surface area contributed by atoms with Crippen LogP contribution in [0, 0.1) is 0 Å². The van der Waals surface area contributed by atoms with Crippen LogP contribution >= 0.6 is 15.9 Å². The molecule has 0 fully saturated rings. The number of nitrogens with zero attached hydrogens (tertiary/aromatic N) is 2. The predicted octanol–water partition coefficient (Wildman–Crippen LogP) is 3.72. The Kier molecular flexibility index (Phi) is 3.63. The molecule has 2 heterocycles. The van der Waals surface area contributed by atoms with Gasteiger partial charge in [0.2, 0.25) is 0 Å². The van der Waals surface area contributed by atoms with Crippen molar-refractivity contribution in [3.8, 4) is 0 Å². The van der Waals surface area contributed by atoms with Gasteiger partial charge < -0.3 is 9.73 Å². The van der Waals surface area contributed by atoms with Crippen LogP contribution in [-0.2, 0) is 6.54 Å². The Morgan fingerprint density at radius 2 is 2.25 bits per heavy atom. The monoisotopic (exact) mass is 333 g/mol. The summed E-state index contributed by atoms with van der Waals surface area (Å²) in [4.78, 5) is 0. The summed E-state index contributed by atoms with van der Waals surface area (Å²) in [5.41, 5.74) is 1.98. The van der Waals surface area contributed by atoms with Crippen LogP contribution in [0.2, 0.25) is 0 Å². The molecule has 0 aliphatic rings. The van der Waals surface area contributed by atoms with Gasteiger partial charge in [-0.25, -0.2) is 0 Å². The molecule has 0 saturated carbocycles. The van der Waals surface area contributed by atoms with E-state index in [9.17, 15) is 0 Å². The van der Waals surface area contributed by atoms with Gasteiger partial charge in [-0.05, 0) is 48.1 Å². The van der Waals surface area contributed by atoms with E-state index < -0.39 is 0 Å². The Hall–Kier alpha value is -1.59. The smallest absolute Gasteiger partial charge is 0.148 e. The third-order valence-electron chi connectivity index (χ3n) is 3.43. The Morgan fingerprint density at radius 3 is 2.95 bits per heavy atom. The van der Waals surface area contributed by atoms with E-state index in [2.05, 4.69) is 45.4 Å². The average molecular weight is 334 g/mol. The molecular formula is C15H16BrN3O. The zero-order valence-electron chi connectivity index (χ0n) is 11.4. The minimum absolute atomic E-state index is 0.00301. The lowest BCUT2D eigenvalue weighted by Crippen LogP contribution is -2.20. The van der Waals surface area contributed by atoms with Crippen LogP contribution in [0.5, 0.6) is 0 Å². The second-order valence-electron chi connectivity index (χ2n) is 4.60. The minimum atomic E-state index is -0.00301. The van der Waals surface area contributed by atoms with Crippen molar-refractivity contribution < 1.29 is 4.42 Å². The fourth-order valence-corrected chi connectivity index (χ4v) is 2.94. The van der Waals surface area contributed by atoms with Crippen LogP contribution in [-0.4, -0.2) is 16.8 Å². The molecule has 0 aliphatic carbocycles. The number of halogens is 1. The summed E-state index contributed by atoms with van der Waals surface area (Å²) in [7, 11) is 1.93. The van der Waals surface area contributed by atoms with Gasteiger partial charge in [0.05, 0.1) is 10.2 Å². The zero-order chi connectivity index (χ0) is 14.1. The second-order valence-corrected chi connectivity index (χ2v) is 5.45. The number of aryl methyl sites for hydroxylation is 1. The molecule has 0 saturated heterocycles. The van der Waals surface area contributed by atoms with Gasteiger partial charge in [0, 0.05) is 18.1 Å². The summed E-state index contributed by atoms with van der Waals surface area (Å²) < 4.78 is 8.97. The predicted molar refractivity (Wildman–Crippen MR) is 82.7 cm³/mol. The third kappa shape index (κ3) is 2.17. The Morgan fingerprint density at radius 1 is 1.40 bits per heavy atom. The maximum atomic E-state index is 6.02. The Bertz CT molecular complexity index is 732. The van der Waals surface area contributed by atoms with Crippen LogP contribution in [0.25, 0.3) is 11.0 Å². The quantitative estimate of drug-likeness (QED) is 0.791. The molecule has 3 aromatic rings. The highest BCUT2D eigenvalue weighted by Crippen LogP contribution is 2.31. The molecule has 5 heteroatoms. The summed E-state index contributed by atoms with van der Waals surface area (Å²) in [6, 6.07) is 10.1. The summed E-state index contributed by atoms with van der Waals surface area (Å²) in [6.45, 7) is 2.92. The number of rotatable bonds is 4. The van der Waals surface area contributed by atoms with Gasteiger partial charge in [0.15, 0.2) is 0 Å². The second kappa shape index (κ2) is 5.42. The first-order valence-corrected chi connectivity index (χ1v) is 7.40. The molecular weight excluding hydrogens is 318 g/mol. The van der Waals surface area contributed by atoms with Crippen LogP contribution < -0.4 is 5.32 Å². The average Bonchev–Trinajstić information content (AvgIpc) is 3.07. The molecule has 3 rings (SSSR count). The van der Waals surface area contributed by atoms with Crippen LogP contribution in [0.3, 0.4) is 0 Å². The van der Waals surface area contributed by atoms with E-state index in [-0.39, 0.29) is 6.04 Å². The van der Waals surface area contributed by atoms with Crippen molar-refractivity contribution in [2.45, 2.75) is 19.5 Å². The number of para-hydroxylation sites is 1. The maximum absolute atomic E-state index is 6.02. The molecule has 2 aromatic heterocycles. The molecule has 1 N–H and O–H groups in total. The minimum Gasteiger partial charge on any atom is -0.458 e. The van der Waals surface area contributed by atoms with Crippen molar-refractivity contribution in [1.82, 2.24) is 15.1 Å². The van der Waals surface area contributed by atoms with E-state index in [0.29, 0.717) is 0 Å². The molecule has 1 aromatic carbocycles. The largest absolute Gasteiger partial charge is 0.458 e. The van der Waals surface area contributed by atoms with Crippen LogP contribution in [0.1, 0.15) is 24.4 Å². The topological polar surface area (TPSA) is 43.0 Å². The Balaban J connectivity index is 2.10.